The normalized spacial score (nSPS) is 25.9. The van der Waals surface area contributed by atoms with E-state index in [1.165, 1.54) is 7.11 Å². The number of aromatic nitrogens is 5. The molecular weight excluding hydrogens is 483 g/mol. The molecule has 0 amide bonds. The Balaban J connectivity index is 1.42. The summed E-state index contributed by atoms with van der Waals surface area (Å²) in [6, 6.07) is 7.02. The lowest BCUT2D eigenvalue weighted by Crippen LogP contribution is -2.51. The van der Waals surface area contributed by atoms with E-state index in [2.05, 4.69) is 51.0 Å². The van der Waals surface area contributed by atoms with Crippen molar-refractivity contribution in [1.29, 1.82) is 0 Å². The standard InChI is InChI=1S/C29H37FN6O2/c1-5-29(3)12-6-7-18(2)13-23(27(29)30)36(21-9-10-21)25-17-31-28(35-33-25)22-11-8-19(14-24(22)37)20-15-26(38-4)34-32-16-20/h8,11,14-18,21,23,27,37H,5-7,9-10,12-13H2,1-4H3/t18?,23-,27-,29+/m0/s1. The maximum absolute atomic E-state index is 16.3. The number of nitrogens with zero attached hydrogens (tertiary/aromatic N) is 6. The van der Waals surface area contributed by atoms with Crippen molar-refractivity contribution in [3.05, 3.63) is 36.7 Å². The molecule has 4 atom stereocenters. The molecule has 0 saturated heterocycles. The van der Waals surface area contributed by atoms with E-state index < -0.39 is 6.17 Å². The van der Waals surface area contributed by atoms with Crippen LogP contribution in [0.3, 0.4) is 0 Å². The Morgan fingerprint density at radius 1 is 1.11 bits per heavy atom. The van der Waals surface area contributed by atoms with Crippen molar-refractivity contribution in [2.45, 2.75) is 84.0 Å². The molecule has 202 valence electrons. The molecule has 2 aliphatic rings. The molecule has 9 heteroatoms. The number of alkyl halides is 1. The topological polar surface area (TPSA) is 97.2 Å². The highest BCUT2D eigenvalue weighted by atomic mass is 19.1. The summed E-state index contributed by atoms with van der Waals surface area (Å²) in [6.07, 6.45) is 9.12. The van der Waals surface area contributed by atoms with Crippen molar-refractivity contribution in [3.8, 4) is 34.1 Å². The SMILES string of the molecule is CC[C@]1(C)CCCC(C)C[C@H](N(c2cnc(-c3ccc(-c4cnnc(OC)c4)cc3O)nn2)C2CC2)[C@@H]1F. The van der Waals surface area contributed by atoms with Crippen molar-refractivity contribution < 1.29 is 14.2 Å². The largest absolute Gasteiger partial charge is 0.507 e. The Morgan fingerprint density at radius 2 is 1.92 bits per heavy atom. The first-order valence-electron chi connectivity index (χ1n) is 13.7. The number of ether oxygens (including phenoxy) is 1. The molecule has 0 aliphatic heterocycles. The van der Waals surface area contributed by atoms with Crippen LogP contribution in [0.5, 0.6) is 11.6 Å². The Bertz CT molecular complexity index is 1250. The average molecular weight is 521 g/mol. The van der Waals surface area contributed by atoms with Gasteiger partial charge in [0, 0.05) is 23.1 Å². The Hall–Kier alpha value is -3.36. The lowest BCUT2D eigenvalue weighted by Gasteiger charge is -2.45. The summed E-state index contributed by atoms with van der Waals surface area (Å²) in [5, 5.41) is 27.5. The minimum absolute atomic E-state index is 0.0308. The van der Waals surface area contributed by atoms with E-state index in [0.717, 1.165) is 56.1 Å². The molecule has 0 bridgehead atoms. The van der Waals surface area contributed by atoms with E-state index in [4.69, 9.17) is 4.74 Å². The van der Waals surface area contributed by atoms with Gasteiger partial charge in [-0.1, -0.05) is 39.7 Å². The number of aromatic hydroxyl groups is 1. The molecule has 0 spiro atoms. The predicted molar refractivity (Wildman–Crippen MR) is 145 cm³/mol. The minimum Gasteiger partial charge on any atom is -0.507 e. The number of anilines is 1. The highest BCUT2D eigenvalue weighted by Crippen LogP contribution is 2.45. The second-order valence-electron chi connectivity index (χ2n) is 11.2. The molecule has 2 aliphatic carbocycles. The summed E-state index contributed by atoms with van der Waals surface area (Å²) in [5.41, 5.74) is 1.65. The van der Waals surface area contributed by atoms with Gasteiger partial charge in [0.25, 0.3) is 0 Å². The zero-order valence-electron chi connectivity index (χ0n) is 22.6. The van der Waals surface area contributed by atoms with Gasteiger partial charge in [-0.05, 0) is 55.7 Å². The Morgan fingerprint density at radius 3 is 2.58 bits per heavy atom. The van der Waals surface area contributed by atoms with Crippen LogP contribution < -0.4 is 9.64 Å². The second kappa shape index (κ2) is 10.8. The van der Waals surface area contributed by atoms with E-state index in [1.807, 2.05) is 6.07 Å². The van der Waals surface area contributed by atoms with Gasteiger partial charge < -0.3 is 14.7 Å². The zero-order valence-corrected chi connectivity index (χ0v) is 22.6. The molecule has 2 saturated carbocycles. The van der Waals surface area contributed by atoms with Gasteiger partial charge in [0.05, 0.1) is 31.1 Å². The van der Waals surface area contributed by atoms with Crippen molar-refractivity contribution >= 4 is 5.82 Å². The molecule has 2 heterocycles. The summed E-state index contributed by atoms with van der Waals surface area (Å²) in [6.45, 7) is 6.44. The third kappa shape index (κ3) is 5.28. The van der Waals surface area contributed by atoms with E-state index in [1.54, 1.807) is 30.6 Å². The maximum atomic E-state index is 16.3. The van der Waals surface area contributed by atoms with Crippen molar-refractivity contribution in [1.82, 2.24) is 25.4 Å². The number of phenols is 1. The molecule has 2 fully saturated rings. The van der Waals surface area contributed by atoms with Crippen molar-refractivity contribution in [2.24, 2.45) is 11.3 Å². The zero-order chi connectivity index (χ0) is 26.9. The lowest BCUT2D eigenvalue weighted by molar-refractivity contribution is 0.0577. The molecule has 38 heavy (non-hydrogen) atoms. The average Bonchev–Trinajstić information content (AvgIpc) is 3.77. The highest BCUT2D eigenvalue weighted by molar-refractivity contribution is 5.72. The molecule has 8 nitrogen and oxygen atoms in total. The van der Waals surface area contributed by atoms with Gasteiger partial charge in [-0.3, -0.25) is 0 Å². The van der Waals surface area contributed by atoms with Crippen LogP contribution in [0.15, 0.2) is 36.7 Å². The highest BCUT2D eigenvalue weighted by Gasteiger charge is 2.46. The van der Waals surface area contributed by atoms with Crippen LogP contribution >= 0.6 is 0 Å². The van der Waals surface area contributed by atoms with Crippen LogP contribution in [0, 0.1) is 11.3 Å². The summed E-state index contributed by atoms with van der Waals surface area (Å²) < 4.78 is 21.4. The first kappa shape index (κ1) is 26.3. The third-order valence-electron chi connectivity index (χ3n) is 8.42. The lowest BCUT2D eigenvalue weighted by atomic mass is 9.71. The van der Waals surface area contributed by atoms with E-state index >= 15 is 4.39 Å². The molecule has 2 aromatic heterocycles. The summed E-state index contributed by atoms with van der Waals surface area (Å²) in [7, 11) is 1.53. The second-order valence-corrected chi connectivity index (χ2v) is 11.2. The molecule has 1 N–H and O–H groups in total. The monoisotopic (exact) mass is 520 g/mol. The maximum Gasteiger partial charge on any atom is 0.233 e. The van der Waals surface area contributed by atoms with Crippen LogP contribution in [-0.4, -0.2) is 55.9 Å². The van der Waals surface area contributed by atoms with E-state index in [0.29, 0.717) is 29.0 Å². The van der Waals surface area contributed by atoms with Crippen LogP contribution in [0.25, 0.3) is 22.5 Å². The van der Waals surface area contributed by atoms with Crippen LogP contribution in [0.4, 0.5) is 10.2 Å². The number of halogens is 1. The predicted octanol–water partition coefficient (Wildman–Crippen LogP) is 6.01. The van der Waals surface area contributed by atoms with Crippen LogP contribution in [-0.2, 0) is 0 Å². The third-order valence-corrected chi connectivity index (χ3v) is 8.42. The van der Waals surface area contributed by atoms with E-state index in [9.17, 15) is 5.11 Å². The number of benzene rings is 1. The molecule has 5 rings (SSSR count). The van der Waals surface area contributed by atoms with Crippen LogP contribution in [0.1, 0.15) is 65.7 Å². The molecule has 1 aromatic carbocycles. The fourth-order valence-corrected chi connectivity index (χ4v) is 5.73. The van der Waals surface area contributed by atoms with Gasteiger partial charge in [-0.2, -0.15) is 5.10 Å². The number of phenolic OH excluding ortho intramolecular Hbond substituents is 1. The van der Waals surface area contributed by atoms with Gasteiger partial charge in [-0.15, -0.1) is 15.3 Å². The van der Waals surface area contributed by atoms with E-state index in [-0.39, 0.29) is 23.2 Å². The number of methoxy groups -OCH3 is 1. The van der Waals surface area contributed by atoms with Crippen LogP contribution in [0.2, 0.25) is 0 Å². The van der Waals surface area contributed by atoms with Gasteiger partial charge >= 0.3 is 0 Å². The smallest absolute Gasteiger partial charge is 0.233 e. The Kier molecular flexibility index (Phi) is 7.45. The van der Waals surface area contributed by atoms with Gasteiger partial charge in [0.2, 0.25) is 5.88 Å². The first-order valence-corrected chi connectivity index (χ1v) is 13.7. The molecular formula is C29H37FN6O2. The van der Waals surface area contributed by atoms with Gasteiger partial charge in [-0.25, -0.2) is 9.37 Å². The Labute approximate surface area is 223 Å². The van der Waals surface area contributed by atoms with Gasteiger partial charge in [0.15, 0.2) is 11.6 Å². The quantitative estimate of drug-likeness (QED) is 0.404. The fourth-order valence-electron chi connectivity index (χ4n) is 5.73. The summed E-state index contributed by atoms with van der Waals surface area (Å²) in [4.78, 5) is 6.73. The number of hydrogen-bond donors (Lipinski definition) is 1. The molecule has 3 aromatic rings. The number of rotatable bonds is 7. The summed E-state index contributed by atoms with van der Waals surface area (Å²) >= 11 is 0. The number of hydrogen-bond acceptors (Lipinski definition) is 8. The minimum atomic E-state index is -0.949. The fraction of sp³-hybridized carbons (Fsp3) is 0.552. The van der Waals surface area contributed by atoms with Crippen molar-refractivity contribution in [2.75, 3.05) is 12.0 Å². The van der Waals surface area contributed by atoms with Gasteiger partial charge in [0.1, 0.15) is 11.9 Å². The molecule has 0 radical (unpaired) electrons. The van der Waals surface area contributed by atoms with Crippen molar-refractivity contribution in [3.63, 3.8) is 0 Å². The molecule has 1 unspecified atom stereocenters. The first-order chi connectivity index (χ1) is 18.3. The summed E-state index contributed by atoms with van der Waals surface area (Å²) in [5.74, 6) is 1.81.